The molecule has 0 aliphatic rings. The van der Waals surface area contributed by atoms with Crippen LogP contribution in [0.25, 0.3) is 0 Å². The summed E-state index contributed by atoms with van der Waals surface area (Å²) in [6.07, 6.45) is 1.21. The van der Waals surface area contributed by atoms with E-state index in [9.17, 15) is 9.59 Å². The molecule has 0 saturated heterocycles. The number of thioether (sulfide) groups is 1. The molecule has 35 heavy (non-hydrogen) atoms. The molecule has 0 radical (unpaired) electrons. The number of esters is 1. The highest BCUT2D eigenvalue weighted by Gasteiger charge is 2.23. The summed E-state index contributed by atoms with van der Waals surface area (Å²) < 4.78 is 12.6. The van der Waals surface area contributed by atoms with Gasteiger partial charge in [0.15, 0.2) is 17.1 Å². The monoisotopic (exact) mass is 554 g/mol. The van der Waals surface area contributed by atoms with Gasteiger partial charge in [0.1, 0.15) is 10.8 Å². The number of rotatable bonds is 10. The van der Waals surface area contributed by atoms with Gasteiger partial charge in [-0.3, -0.25) is 9.36 Å². The lowest BCUT2D eigenvalue weighted by molar-refractivity contribution is -0.113. The summed E-state index contributed by atoms with van der Waals surface area (Å²) in [6.45, 7) is 9.73. The Labute approximate surface area is 221 Å². The van der Waals surface area contributed by atoms with Gasteiger partial charge in [0.05, 0.1) is 23.4 Å². The zero-order valence-corrected chi connectivity index (χ0v) is 22.7. The Morgan fingerprint density at radius 1 is 1.31 bits per heavy atom. The van der Waals surface area contributed by atoms with Crippen LogP contribution in [0, 0.1) is 13.8 Å². The highest BCUT2D eigenvalue weighted by Crippen LogP contribution is 2.34. The average molecular weight is 556 g/mol. The second-order valence-corrected chi connectivity index (χ2v) is 10.4. The van der Waals surface area contributed by atoms with Crippen LogP contribution < -0.4 is 10.1 Å². The number of benzene rings is 1. The van der Waals surface area contributed by atoms with E-state index in [1.807, 2.05) is 25.3 Å². The molecule has 3 rings (SSSR count). The first-order chi connectivity index (χ1) is 16.7. The smallest absolute Gasteiger partial charge is 0.341 e. The van der Waals surface area contributed by atoms with Gasteiger partial charge in [0, 0.05) is 22.5 Å². The molecule has 1 unspecified atom stereocenters. The SMILES string of the molecule is C=CCn1c(SCC(=O)Nc2sc(C)c(C)c2C(=O)OC)nnc1C(C)Oc1cc(Cl)ccc1Cl. The zero-order chi connectivity index (χ0) is 25.7. The zero-order valence-electron chi connectivity index (χ0n) is 19.6. The lowest BCUT2D eigenvalue weighted by Crippen LogP contribution is -2.17. The third-order valence-electron chi connectivity index (χ3n) is 4.98. The summed E-state index contributed by atoms with van der Waals surface area (Å²) in [5.74, 6) is 0.254. The van der Waals surface area contributed by atoms with Gasteiger partial charge < -0.3 is 14.8 Å². The Hall–Kier alpha value is -2.53. The van der Waals surface area contributed by atoms with Crippen LogP contribution in [0.15, 0.2) is 36.0 Å². The van der Waals surface area contributed by atoms with Crippen LogP contribution in [0.1, 0.15) is 39.7 Å². The van der Waals surface area contributed by atoms with Crippen molar-refractivity contribution in [2.24, 2.45) is 0 Å². The molecule has 12 heteroatoms. The molecule has 186 valence electrons. The van der Waals surface area contributed by atoms with Crippen molar-refractivity contribution < 1.29 is 19.1 Å². The summed E-state index contributed by atoms with van der Waals surface area (Å²) in [7, 11) is 1.31. The fourth-order valence-electron chi connectivity index (χ4n) is 3.17. The molecule has 0 aliphatic heterocycles. The Morgan fingerprint density at radius 3 is 2.74 bits per heavy atom. The molecule has 0 saturated carbocycles. The van der Waals surface area contributed by atoms with Crippen LogP contribution in [0.5, 0.6) is 5.75 Å². The number of aryl methyl sites for hydroxylation is 1. The van der Waals surface area contributed by atoms with E-state index in [1.165, 1.54) is 30.2 Å². The van der Waals surface area contributed by atoms with E-state index in [0.717, 1.165) is 10.4 Å². The Bertz CT molecular complexity index is 1260. The quantitative estimate of drug-likeness (QED) is 0.183. The third kappa shape index (κ3) is 6.38. The number of allylic oxidation sites excluding steroid dienone is 1. The Kier molecular flexibility index (Phi) is 9.23. The summed E-state index contributed by atoms with van der Waals surface area (Å²) in [5.41, 5.74) is 1.16. The largest absolute Gasteiger partial charge is 0.481 e. The van der Waals surface area contributed by atoms with E-state index in [4.69, 9.17) is 32.7 Å². The number of hydrogen-bond donors (Lipinski definition) is 1. The molecule has 0 bridgehead atoms. The molecule has 2 heterocycles. The van der Waals surface area contributed by atoms with Crippen LogP contribution in [-0.4, -0.2) is 39.5 Å². The van der Waals surface area contributed by atoms with E-state index < -0.39 is 12.1 Å². The van der Waals surface area contributed by atoms with E-state index >= 15 is 0 Å². The fourth-order valence-corrected chi connectivity index (χ4v) is 5.32. The summed E-state index contributed by atoms with van der Waals surface area (Å²) in [5, 5.41) is 13.2. The normalized spacial score (nSPS) is 11.7. The van der Waals surface area contributed by atoms with Crippen molar-refractivity contribution in [3.8, 4) is 5.75 Å². The summed E-state index contributed by atoms with van der Waals surface area (Å²) in [6, 6.07) is 4.96. The van der Waals surface area contributed by atoms with Crippen LogP contribution in [0.4, 0.5) is 5.00 Å². The standard InChI is InChI=1S/C23H24Cl2N4O4S2/c1-6-9-29-20(13(3)33-17-10-15(24)7-8-16(17)25)27-28-23(29)34-11-18(30)26-21-19(22(31)32-5)12(2)14(4)35-21/h6-8,10,13H,1,9,11H2,2-5H3,(H,26,30). The lowest BCUT2D eigenvalue weighted by atomic mass is 10.1. The number of halogens is 2. The number of amides is 1. The molecule has 2 aromatic heterocycles. The fraction of sp³-hybridized carbons (Fsp3) is 0.304. The Balaban J connectivity index is 1.73. The number of methoxy groups -OCH3 is 1. The summed E-state index contributed by atoms with van der Waals surface area (Å²) >= 11 is 14.8. The molecule has 1 N–H and O–H groups in total. The van der Waals surface area contributed by atoms with E-state index in [0.29, 0.717) is 43.9 Å². The van der Waals surface area contributed by atoms with Gasteiger partial charge in [0.2, 0.25) is 5.91 Å². The second-order valence-electron chi connectivity index (χ2n) is 7.39. The number of nitrogens with one attached hydrogen (secondary N) is 1. The maximum Gasteiger partial charge on any atom is 0.341 e. The van der Waals surface area contributed by atoms with Gasteiger partial charge in [-0.15, -0.1) is 28.1 Å². The molecular formula is C23H24Cl2N4O4S2. The maximum absolute atomic E-state index is 12.7. The number of aromatic nitrogens is 3. The predicted octanol–water partition coefficient (Wildman–Crippen LogP) is 6.11. The number of ether oxygens (including phenoxy) is 2. The van der Waals surface area contributed by atoms with Crippen molar-refractivity contribution in [1.29, 1.82) is 0 Å². The van der Waals surface area contributed by atoms with E-state index in [-0.39, 0.29) is 11.7 Å². The number of carbonyl (C=O) groups excluding carboxylic acids is 2. The van der Waals surface area contributed by atoms with Gasteiger partial charge >= 0.3 is 5.97 Å². The molecule has 0 fully saturated rings. The molecule has 1 amide bonds. The second kappa shape index (κ2) is 11.9. The molecule has 8 nitrogen and oxygen atoms in total. The highest BCUT2D eigenvalue weighted by atomic mass is 35.5. The van der Waals surface area contributed by atoms with E-state index in [1.54, 1.807) is 24.3 Å². The molecule has 1 aromatic carbocycles. The van der Waals surface area contributed by atoms with Gasteiger partial charge in [-0.25, -0.2) is 4.79 Å². The number of hydrogen-bond acceptors (Lipinski definition) is 8. The number of nitrogens with zero attached hydrogens (tertiary/aromatic N) is 3. The maximum atomic E-state index is 12.7. The van der Waals surface area contributed by atoms with Crippen LogP contribution >= 0.6 is 46.3 Å². The van der Waals surface area contributed by atoms with Crippen LogP contribution in [-0.2, 0) is 16.1 Å². The van der Waals surface area contributed by atoms with Gasteiger partial charge in [-0.05, 0) is 38.5 Å². The first kappa shape index (κ1) is 27.1. The van der Waals surface area contributed by atoms with Gasteiger partial charge in [-0.1, -0.05) is 41.0 Å². The minimum atomic E-state index is -0.499. The minimum absolute atomic E-state index is 0.0568. The van der Waals surface area contributed by atoms with Gasteiger partial charge in [-0.2, -0.15) is 0 Å². The van der Waals surface area contributed by atoms with Crippen LogP contribution in [0.3, 0.4) is 0 Å². The third-order valence-corrected chi connectivity index (χ3v) is 7.61. The number of anilines is 1. The van der Waals surface area contributed by atoms with Crippen molar-refractivity contribution in [1.82, 2.24) is 14.8 Å². The van der Waals surface area contributed by atoms with Crippen LogP contribution in [0.2, 0.25) is 10.0 Å². The molecule has 1 atom stereocenters. The number of thiophene rings is 1. The highest BCUT2D eigenvalue weighted by molar-refractivity contribution is 7.99. The first-order valence-corrected chi connectivity index (χ1v) is 13.0. The van der Waals surface area contributed by atoms with Crippen molar-refractivity contribution in [3.63, 3.8) is 0 Å². The Morgan fingerprint density at radius 2 is 2.06 bits per heavy atom. The average Bonchev–Trinajstić information content (AvgIpc) is 3.34. The molecular weight excluding hydrogens is 531 g/mol. The topological polar surface area (TPSA) is 95.3 Å². The lowest BCUT2D eigenvalue weighted by Gasteiger charge is -2.16. The molecule has 3 aromatic rings. The first-order valence-electron chi connectivity index (χ1n) is 10.4. The van der Waals surface area contributed by atoms with Crippen molar-refractivity contribution in [2.45, 2.75) is 38.6 Å². The predicted molar refractivity (Wildman–Crippen MR) is 140 cm³/mol. The molecule has 0 spiro atoms. The van der Waals surface area contributed by atoms with Crippen molar-refractivity contribution in [2.75, 3.05) is 18.2 Å². The van der Waals surface area contributed by atoms with Crippen molar-refractivity contribution in [3.05, 3.63) is 62.7 Å². The molecule has 0 aliphatic carbocycles. The van der Waals surface area contributed by atoms with Gasteiger partial charge in [0.25, 0.3) is 0 Å². The van der Waals surface area contributed by atoms with E-state index in [2.05, 4.69) is 22.1 Å². The minimum Gasteiger partial charge on any atom is -0.481 e. The van der Waals surface area contributed by atoms with Crippen molar-refractivity contribution >= 4 is 63.2 Å². The number of carbonyl (C=O) groups is 2. The summed E-state index contributed by atoms with van der Waals surface area (Å²) in [4.78, 5) is 25.8.